The summed E-state index contributed by atoms with van der Waals surface area (Å²) in [5.41, 5.74) is -0.993. The van der Waals surface area contributed by atoms with Crippen LogP contribution in [0.4, 0.5) is 10.1 Å². The van der Waals surface area contributed by atoms with Crippen molar-refractivity contribution < 1.29 is 22.3 Å². The highest BCUT2D eigenvalue weighted by molar-refractivity contribution is 7.91. The number of nitrogens with zero attached hydrogens (tertiary/aromatic N) is 2. The first-order valence-electron chi connectivity index (χ1n) is 10.0. The molecule has 1 atom stereocenters. The molecular weight excluding hydrogens is 449 g/mol. The monoisotopic (exact) mass is 471 g/mol. The van der Waals surface area contributed by atoms with E-state index in [0.717, 1.165) is 10.4 Å². The van der Waals surface area contributed by atoms with Crippen LogP contribution in [0.2, 0.25) is 0 Å². The van der Waals surface area contributed by atoms with Crippen LogP contribution >= 0.6 is 0 Å². The Bertz CT molecular complexity index is 1280. The van der Waals surface area contributed by atoms with Crippen molar-refractivity contribution in [2.24, 2.45) is 0 Å². The van der Waals surface area contributed by atoms with Crippen LogP contribution in [-0.4, -0.2) is 48.0 Å². The number of sulfonamides is 1. The van der Waals surface area contributed by atoms with E-state index in [9.17, 15) is 17.6 Å². The van der Waals surface area contributed by atoms with E-state index in [4.69, 9.17) is 16.6 Å². The molecule has 1 aromatic heterocycles. The molecule has 0 bridgehead atoms. The zero-order chi connectivity index (χ0) is 24.0. The Morgan fingerprint density at radius 3 is 2.73 bits per heavy atom. The molecule has 2 aromatic rings. The van der Waals surface area contributed by atoms with Crippen LogP contribution in [0.3, 0.4) is 0 Å². The molecule has 1 saturated heterocycles. The summed E-state index contributed by atoms with van der Waals surface area (Å²) in [6.45, 7) is 1.64. The molecule has 2 aliphatic rings. The second kappa shape index (κ2) is 7.74. The second-order valence-corrected chi connectivity index (χ2v) is 10.4. The molecule has 9 nitrogen and oxygen atoms in total. The van der Waals surface area contributed by atoms with Gasteiger partial charge in [-0.2, -0.15) is 0 Å². The summed E-state index contributed by atoms with van der Waals surface area (Å²) in [6.07, 6.45) is 7.15. The summed E-state index contributed by atoms with van der Waals surface area (Å²) >= 11 is 0. The SMILES string of the molecule is C#CCOc1ccc(C(=O)Nc2ccc(F)c([C@@]3(C)NC(=N)N(C)S(=O)(=O)C34CC4)c2)nc1. The predicted octanol–water partition coefficient (Wildman–Crippen LogP) is 2.03. The number of pyridine rings is 1. The third-order valence-electron chi connectivity index (χ3n) is 6.21. The van der Waals surface area contributed by atoms with Gasteiger partial charge in [0.1, 0.15) is 28.6 Å². The lowest BCUT2D eigenvalue weighted by Gasteiger charge is -2.47. The molecule has 1 spiro atoms. The second-order valence-electron chi connectivity index (χ2n) is 8.09. The molecular formula is C22H22FN5O4S. The Kier molecular flexibility index (Phi) is 5.29. The number of carbonyl (C=O) groups excluding carboxylic acids is 1. The van der Waals surface area contributed by atoms with Crippen LogP contribution in [0.5, 0.6) is 5.75 Å². The normalized spacial score (nSPS) is 22.2. The van der Waals surface area contributed by atoms with Crippen LogP contribution in [0.15, 0.2) is 36.5 Å². The molecule has 1 saturated carbocycles. The van der Waals surface area contributed by atoms with E-state index in [1.54, 1.807) is 13.0 Å². The van der Waals surface area contributed by atoms with Gasteiger partial charge >= 0.3 is 0 Å². The summed E-state index contributed by atoms with van der Waals surface area (Å²) in [4.78, 5) is 16.7. The number of ether oxygens (including phenoxy) is 1. The summed E-state index contributed by atoms with van der Waals surface area (Å²) < 4.78 is 46.0. The summed E-state index contributed by atoms with van der Waals surface area (Å²) in [5, 5.41) is 13.6. The quantitative estimate of drug-likeness (QED) is 0.573. The van der Waals surface area contributed by atoms with E-state index < -0.39 is 32.0 Å². The zero-order valence-corrected chi connectivity index (χ0v) is 18.8. The van der Waals surface area contributed by atoms with Crippen molar-refractivity contribution in [2.75, 3.05) is 19.0 Å². The number of rotatable bonds is 5. The number of aromatic nitrogens is 1. The smallest absolute Gasteiger partial charge is 0.274 e. The van der Waals surface area contributed by atoms with Crippen LogP contribution in [-0.2, 0) is 15.6 Å². The lowest BCUT2D eigenvalue weighted by atomic mass is 9.85. The molecule has 1 aliphatic carbocycles. The van der Waals surface area contributed by atoms with Crippen LogP contribution in [0, 0.1) is 23.6 Å². The van der Waals surface area contributed by atoms with E-state index in [2.05, 4.69) is 21.5 Å². The molecule has 172 valence electrons. The maximum absolute atomic E-state index is 15.0. The fraction of sp³-hybridized carbons (Fsp3) is 0.318. The van der Waals surface area contributed by atoms with Gasteiger partial charge in [0, 0.05) is 18.3 Å². The van der Waals surface area contributed by atoms with Crippen molar-refractivity contribution in [3.8, 4) is 18.1 Å². The molecule has 2 fully saturated rings. The topological polar surface area (TPSA) is 124 Å². The largest absolute Gasteiger partial charge is 0.479 e. The van der Waals surface area contributed by atoms with Crippen molar-refractivity contribution in [1.29, 1.82) is 5.41 Å². The van der Waals surface area contributed by atoms with Gasteiger partial charge in [0.25, 0.3) is 5.91 Å². The highest BCUT2D eigenvalue weighted by atomic mass is 32.2. The third-order valence-corrected chi connectivity index (χ3v) is 8.91. The number of carbonyl (C=O) groups is 1. The number of benzene rings is 1. The van der Waals surface area contributed by atoms with E-state index in [-0.39, 0.29) is 29.5 Å². The molecule has 1 aliphatic heterocycles. The Labute approximate surface area is 190 Å². The maximum atomic E-state index is 15.0. The molecule has 11 heteroatoms. The summed E-state index contributed by atoms with van der Waals surface area (Å²) in [5.74, 6) is 1.21. The minimum Gasteiger partial charge on any atom is -0.479 e. The molecule has 1 aromatic carbocycles. The number of hydrogen-bond acceptors (Lipinski definition) is 6. The number of halogens is 1. The molecule has 3 N–H and O–H groups in total. The van der Waals surface area contributed by atoms with Crippen molar-refractivity contribution in [3.63, 3.8) is 0 Å². The van der Waals surface area contributed by atoms with Crippen LogP contribution < -0.4 is 15.4 Å². The average molecular weight is 472 g/mol. The minimum absolute atomic E-state index is 0.0465. The first kappa shape index (κ1) is 22.5. The van der Waals surface area contributed by atoms with E-state index >= 15 is 0 Å². The van der Waals surface area contributed by atoms with Crippen molar-refractivity contribution in [2.45, 2.75) is 30.1 Å². The fourth-order valence-corrected chi connectivity index (χ4v) is 6.27. The number of hydrogen-bond donors (Lipinski definition) is 3. The van der Waals surface area contributed by atoms with Gasteiger partial charge in [-0.1, -0.05) is 5.92 Å². The Hall–Kier alpha value is -3.65. The van der Waals surface area contributed by atoms with E-state index in [1.807, 2.05) is 0 Å². The van der Waals surface area contributed by atoms with Gasteiger partial charge in [-0.15, -0.1) is 6.42 Å². The van der Waals surface area contributed by atoms with E-state index in [0.29, 0.717) is 18.6 Å². The van der Waals surface area contributed by atoms with Crippen LogP contribution in [0.1, 0.15) is 35.8 Å². The fourth-order valence-electron chi connectivity index (χ4n) is 4.16. The standard InChI is InChI=1S/C22H22FN5O4S/c1-4-11-32-15-6-8-18(25-13-15)19(29)26-14-5-7-17(23)16(12-14)21(2)22(9-10-22)33(30,31)28(3)20(24)27-21/h1,5-8,12-13H,9-11H2,2-3H3,(H2,24,27)(H,26,29)/t21-/m1/s1. The lowest BCUT2D eigenvalue weighted by Crippen LogP contribution is -2.67. The highest BCUT2D eigenvalue weighted by Crippen LogP contribution is 2.58. The van der Waals surface area contributed by atoms with Crippen molar-refractivity contribution in [3.05, 3.63) is 53.6 Å². The number of nitrogens with one attached hydrogen (secondary N) is 3. The van der Waals surface area contributed by atoms with E-state index in [1.165, 1.54) is 31.4 Å². The molecule has 1 amide bonds. The molecule has 0 unspecified atom stereocenters. The first-order valence-corrected chi connectivity index (χ1v) is 11.5. The first-order chi connectivity index (χ1) is 15.6. The summed E-state index contributed by atoms with van der Waals surface area (Å²) in [6, 6.07) is 6.93. The van der Waals surface area contributed by atoms with Gasteiger partial charge < -0.3 is 15.4 Å². The molecule has 0 radical (unpaired) electrons. The predicted molar refractivity (Wildman–Crippen MR) is 120 cm³/mol. The highest BCUT2D eigenvalue weighted by Gasteiger charge is 2.71. The number of amides is 1. The Morgan fingerprint density at radius 2 is 2.12 bits per heavy atom. The van der Waals surface area contributed by atoms with Gasteiger partial charge in [-0.05, 0) is 50.1 Å². The summed E-state index contributed by atoms with van der Waals surface area (Å²) in [7, 11) is -2.58. The molecule has 33 heavy (non-hydrogen) atoms. The van der Waals surface area contributed by atoms with Crippen molar-refractivity contribution in [1.82, 2.24) is 14.6 Å². The van der Waals surface area contributed by atoms with Crippen LogP contribution in [0.25, 0.3) is 0 Å². The van der Waals surface area contributed by atoms with Gasteiger partial charge in [0.05, 0.1) is 11.7 Å². The maximum Gasteiger partial charge on any atom is 0.274 e. The Morgan fingerprint density at radius 1 is 1.39 bits per heavy atom. The zero-order valence-electron chi connectivity index (χ0n) is 18.0. The molecule has 4 rings (SSSR count). The van der Waals surface area contributed by atoms with Crippen molar-refractivity contribution >= 4 is 27.6 Å². The van der Waals surface area contributed by atoms with Gasteiger partial charge in [-0.25, -0.2) is 22.1 Å². The lowest BCUT2D eigenvalue weighted by molar-refractivity contribution is 0.102. The number of anilines is 1. The van der Waals surface area contributed by atoms with Gasteiger partial charge in [0.2, 0.25) is 16.0 Å². The minimum atomic E-state index is -3.88. The molecule has 2 heterocycles. The number of guanidine groups is 1. The number of terminal acetylenes is 1. The van der Waals surface area contributed by atoms with Gasteiger partial charge in [0.15, 0.2) is 0 Å². The Balaban J connectivity index is 1.63. The third kappa shape index (κ3) is 3.47. The van der Waals surface area contributed by atoms with Gasteiger partial charge in [-0.3, -0.25) is 10.2 Å². The average Bonchev–Trinajstić information content (AvgIpc) is 3.61.